The summed E-state index contributed by atoms with van der Waals surface area (Å²) >= 11 is 8.24. The summed E-state index contributed by atoms with van der Waals surface area (Å²) in [5, 5.41) is 5.78. The van der Waals surface area contributed by atoms with Crippen LogP contribution in [0.1, 0.15) is 0 Å². The summed E-state index contributed by atoms with van der Waals surface area (Å²) in [5.41, 5.74) is 0. The second-order valence-electron chi connectivity index (χ2n) is 4.38. The Labute approximate surface area is 113 Å². The van der Waals surface area contributed by atoms with E-state index in [0.717, 1.165) is 10.4 Å². The lowest BCUT2D eigenvalue weighted by Gasteiger charge is -2.02. The molecule has 0 N–H and O–H groups in total. The van der Waals surface area contributed by atoms with Crippen molar-refractivity contribution in [1.82, 2.24) is 0 Å². The highest BCUT2D eigenvalue weighted by Gasteiger charge is 2.10. The van der Waals surface area contributed by atoms with Crippen molar-refractivity contribution in [2.45, 2.75) is 0 Å². The van der Waals surface area contributed by atoms with Gasteiger partial charge in [-0.2, -0.15) is 0 Å². The number of hydrogen-bond acceptors (Lipinski definition) is 1. The van der Waals surface area contributed by atoms with E-state index in [-0.39, 0.29) is 0 Å². The van der Waals surface area contributed by atoms with Crippen molar-refractivity contribution < 1.29 is 0 Å². The summed E-state index contributed by atoms with van der Waals surface area (Å²) in [6.45, 7) is 0. The van der Waals surface area contributed by atoms with Gasteiger partial charge in [-0.25, -0.2) is 0 Å². The van der Waals surface area contributed by atoms with Crippen LogP contribution in [0.2, 0.25) is 5.02 Å². The molecule has 2 heteroatoms. The molecule has 3 aromatic carbocycles. The van der Waals surface area contributed by atoms with Gasteiger partial charge in [0.1, 0.15) is 0 Å². The molecule has 4 aromatic rings. The van der Waals surface area contributed by atoms with Gasteiger partial charge in [-0.05, 0) is 12.1 Å². The Balaban J connectivity index is 2.36. The highest BCUT2D eigenvalue weighted by molar-refractivity contribution is 7.26. The average Bonchev–Trinajstić information content (AvgIpc) is 2.78. The van der Waals surface area contributed by atoms with Crippen LogP contribution >= 0.6 is 22.9 Å². The van der Waals surface area contributed by atoms with Gasteiger partial charge in [0.05, 0.1) is 0 Å². The van der Waals surface area contributed by atoms with E-state index in [1.165, 1.54) is 25.6 Å². The molecule has 0 aliphatic carbocycles. The lowest BCUT2D eigenvalue weighted by atomic mass is 10.1. The standard InChI is InChI=1S/C16H9ClS/c17-14-9-13-11-6-3-4-8-15(11)18-16(13)12-7-2-1-5-10(12)14/h1-9H. The molecule has 0 bridgehead atoms. The molecule has 0 radical (unpaired) electrons. The Kier molecular flexibility index (Phi) is 2.14. The highest BCUT2D eigenvalue weighted by atomic mass is 35.5. The minimum atomic E-state index is 0.835. The molecule has 0 atom stereocenters. The maximum Gasteiger partial charge on any atom is 0.0491 e. The summed E-state index contributed by atoms with van der Waals surface area (Å²) in [6.07, 6.45) is 0. The molecule has 0 saturated heterocycles. The summed E-state index contributed by atoms with van der Waals surface area (Å²) in [4.78, 5) is 0. The lowest BCUT2D eigenvalue weighted by Crippen LogP contribution is -1.74. The van der Waals surface area contributed by atoms with Gasteiger partial charge in [-0.15, -0.1) is 11.3 Å². The van der Waals surface area contributed by atoms with Crippen LogP contribution in [0.15, 0.2) is 54.6 Å². The first kappa shape index (κ1) is 10.4. The topological polar surface area (TPSA) is 0 Å². The quantitative estimate of drug-likeness (QED) is 0.375. The number of thiophene rings is 1. The van der Waals surface area contributed by atoms with Crippen LogP contribution in [0.3, 0.4) is 0 Å². The molecule has 1 aromatic heterocycles. The minimum absolute atomic E-state index is 0.835. The van der Waals surface area contributed by atoms with Crippen molar-refractivity contribution in [2.75, 3.05) is 0 Å². The van der Waals surface area contributed by atoms with Crippen LogP contribution in [-0.2, 0) is 0 Å². The van der Waals surface area contributed by atoms with Crippen molar-refractivity contribution in [3.05, 3.63) is 59.6 Å². The number of benzene rings is 3. The van der Waals surface area contributed by atoms with E-state index in [1.54, 1.807) is 0 Å². The van der Waals surface area contributed by atoms with Crippen LogP contribution in [0.25, 0.3) is 30.9 Å². The molecule has 0 unspecified atom stereocenters. The van der Waals surface area contributed by atoms with Crippen molar-refractivity contribution in [3.8, 4) is 0 Å². The Morgan fingerprint density at radius 1 is 0.722 bits per heavy atom. The zero-order valence-corrected chi connectivity index (χ0v) is 11.1. The second kappa shape index (κ2) is 3.71. The number of halogens is 1. The first-order chi connectivity index (χ1) is 8.84. The second-order valence-corrected chi connectivity index (χ2v) is 5.84. The molecule has 18 heavy (non-hydrogen) atoms. The van der Waals surface area contributed by atoms with Gasteiger partial charge in [0.25, 0.3) is 0 Å². The third-order valence-corrected chi connectivity index (χ3v) is 4.87. The van der Waals surface area contributed by atoms with E-state index < -0.39 is 0 Å². The number of hydrogen-bond donors (Lipinski definition) is 0. The van der Waals surface area contributed by atoms with E-state index in [9.17, 15) is 0 Å². The molecule has 4 rings (SSSR count). The first-order valence-electron chi connectivity index (χ1n) is 5.83. The molecule has 0 fully saturated rings. The lowest BCUT2D eigenvalue weighted by molar-refractivity contribution is 1.81. The Morgan fingerprint density at radius 3 is 2.22 bits per heavy atom. The van der Waals surface area contributed by atoms with Crippen LogP contribution in [-0.4, -0.2) is 0 Å². The first-order valence-corrected chi connectivity index (χ1v) is 7.02. The number of rotatable bonds is 0. The van der Waals surface area contributed by atoms with Gasteiger partial charge < -0.3 is 0 Å². The third-order valence-electron chi connectivity index (χ3n) is 3.33. The van der Waals surface area contributed by atoms with Gasteiger partial charge in [0, 0.05) is 36.0 Å². The SMILES string of the molecule is Clc1cc2c3ccccc3sc2c2ccccc12. The summed E-state index contributed by atoms with van der Waals surface area (Å²) in [7, 11) is 0. The zero-order chi connectivity index (χ0) is 12.1. The Bertz CT molecular complexity index is 889. The fraction of sp³-hybridized carbons (Fsp3) is 0. The monoisotopic (exact) mass is 268 g/mol. The van der Waals surface area contributed by atoms with Crippen LogP contribution < -0.4 is 0 Å². The number of fused-ring (bicyclic) bond motifs is 5. The third kappa shape index (κ3) is 1.32. The average molecular weight is 269 g/mol. The normalized spacial score (nSPS) is 11.6. The van der Waals surface area contributed by atoms with Crippen LogP contribution in [0.4, 0.5) is 0 Å². The van der Waals surface area contributed by atoms with Gasteiger partial charge in [-0.3, -0.25) is 0 Å². The fourth-order valence-electron chi connectivity index (χ4n) is 2.50. The summed E-state index contributed by atoms with van der Waals surface area (Å²) < 4.78 is 2.65. The summed E-state index contributed by atoms with van der Waals surface area (Å²) in [6, 6.07) is 18.9. The summed E-state index contributed by atoms with van der Waals surface area (Å²) in [5.74, 6) is 0. The van der Waals surface area contributed by atoms with Crippen LogP contribution in [0.5, 0.6) is 0 Å². The van der Waals surface area contributed by atoms with Crippen LogP contribution in [0, 0.1) is 0 Å². The molecular weight excluding hydrogens is 260 g/mol. The van der Waals surface area contributed by atoms with Gasteiger partial charge >= 0.3 is 0 Å². The van der Waals surface area contributed by atoms with Crippen molar-refractivity contribution in [3.63, 3.8) is 0 Å². The molecule has 1 heterocycles. The highest BCUT2D eigenvalue weighted by Crippen LogP contribution is 2.40. The fourth-order valence-corrected chi connectivity index (χ4v) is 4.00. The Hall–Kier alpha value is -1.57. The molecule has 86 valence electrons. The molecule has 0 aliphatic rings. The largest absolute Gasteiger partial charge is 0.135 e. The van der Waals surface area contributed by atoms with Gasteiger partial charge in [0.15, 0.2) is 0 Å². The zero-order valence-electron chi connectivity index (χ0n) is 9.48. The maximum absolute atomic E-state index is 6.40. The van der Waals surface area contributed by atoms with Crippen molar-refractivity contribution in [2.24, 2.45) is 0 Å². The maximum atomic E-state index is 6.40. The molecule has 0 saturated carbocycles. The smallest absolute Gasteiger partial charge is 0.0491 e. The predicted octanol–water partition coefficient (Wildman–Crippen LogP) is 5.86. The van der Waals surface area contributed by atoms with E-state index in [0.29, 0.717) is 0 Å². The van der Waals surface area contributed by atoms with E-state index in [2.05, 4.69) is 48.5 Å². The van der Waals surface area contributed by atoms with E-state index in [1.807, 2.05) is 17.4 Å². The molecular formula is C16H9ClS. The molecule has 0 nitrogen and oxygen atoms in total. The van der Waals surface area contributed by atoms with Crippen molar-refractivity contribution in [1.29, 1.82) is 0 Å². The van der Waals surface area contributed by atoms with E-state index >= 15 is 0 Å². The van der Waals surface area contributed by atoms with Crippen molar-refractivity contribution >= 4 is 53.9 Å². The van der Waals surface area contributed by atoms with Gasteiger partial charge in [0.2, 0.25) is 0 Å². The minimum Gasteiger partial charge on any atom is -0.135 e. The Morgan fingerprint density at radius 2 is 1.39 bits per heavy atom. The van der Waals surface area contributed by atoms with E-state index in [4.69, 9.17) is 11.6 Å². The van der Waals surface area contributed by atoms with Gasteiger partial charge in [-0.1, -0.05) is 54.1 Å². The predicted molar refractivity (Wildman–Crippen MR) is 81.8 cm³/mol. The molecule has 0 spiro atoms. The molecule has 0 amide bonds. The molecule has 0 aliphatic heterocycles.